The van der Waals surface area contributed by atoms with E-state index in [-0.39, 0.29) is 11.5 Å². The summed E-state index contributed by atoms with van der Waals surface area (Å²) in [5.41, 5.74) is -1.16. The van der Waals surface area contributed by atoms with Gasteiger partial charge >= 0.3 is 5.97 Å². The van der Waals surface area contributed by atoms with Gasteiger partial charge in [0, 0.05) is 0 Å². The molecule has 0 amide bonds. The zero-order valence-corrected chi connectivity index (χ0v) is 9.17. The summed E-state index contributed by atoms with van der Waals surface area (Å²) in [5, 5.41) is 9.04. The average molecular weight is 221 g/mol. The van der Waals surface area contributed by atoms with Crippen molar-refractivity contribution in [2.24, 2.45) is 0 Å². The Morgan fingerprint density at radius 1 is 1.36 bits per heavy atom. The predicted octanol–water partition coefficient (Wildman–Crippen LogP) is -0.420. The number of hydrogen-bond donors (Lipinski definition) is 1. The van der Waals surface area contributed by atoms with Gasteiger partial charge in [-0.25, -0.2) is 8.42 Å². The number of nitrogens with zero attached hydrogens (tertiary/aromatic N) is 1. The first-order valence-electron chi connectivity index (χ1n) is 4.57. The second kappa shape index (κ2) is 3.51. The highest BCUT2D eigenvalue weighted by Crippen LogP contribution is 2.30. The maximum atomic E-state index is 11.1. The summed E-state index contributed by atoms with van der Waals surface area (Å²) in [5.74, 6) is -1.54. The van der Waals surface area contributed by atoms with E-state index in [0.29, 0.717) is 13.1 Å². The number of carboxylic acid groups (broad SMARTS) is 1. The molecule has 5 nitrogen and oxygen atoms in total. The molecule has 1 aliphatic rings. The first-order chi connectivity index (χ1) is 6.38. The molecule has 0 aromatic rings. The van der Waals surface area contributed by atoms with Crippen LogP contribution in [-0.2, 0) is 14.6 Å². The third-order valence-electron chi connectivity index (χ3n) is 2.68. The van der Waals surface area contributed by atoms with Gasteiger partial charge in [0.2, 0.25) is 0 Å². The Kier molecular flexibility index (Phi) is 2.87. The fourth-order valence-electron chi connectivity index (χ4n) is 1.96. The number of aliphatic carboxylic acids is 1. The zero-order valence-electron chi connectivity index (χ0n) is 8.36. The standard InChI is InChI=1S/C8H15NO4S/c1-3-9(4-2)8(7(10)11)5-14(12,13)6-8/h3-6H2,1-2H3,(H,10,11). The number of sulfone groups is 1. The van der Waals surface area contributed by atoms with E-state index >= 15 is 0 Å². The van der Waals surface area contributed by atoms with E-state index < -0.39 is 21.3 Å². The lowest BCUT2D eigenvalue weighted by Gasteiger charge is -2.45. The van der Waals surface area contributed by atoms with E-state index in [1.807, 2.05) is 13.8 Å². The SMILES string of the molecule is CCN(CC)C1(C(=O)O)CS(=O)(=O)C1. The fourth-order valence-corrected chi connectivity index (χ4v) is 3.94. The number of likely N-dealkylation sites (N-methyl/N-ethyl adjacent to an activating group) is 1. The molecule has 1 aliphatic heterocycles. The summed E-state index contributed by atoms with van der Waals surface area (Å²) in [4.78, 5) is 12.7. The minimum atomic E-state index is -3.12. The summed E-state index contributed by atoms with van der Waals surface area (Å²) in [6.45, 7) is 4.77. The maximum absolute atomic E-state index is 11.1. The molecule has 0 unspecified atom stereocenters. The van der Waals surface area contributed by atoms with Crippen molar-refractivity contribution in [1.82, 2.24) is 4.90 Å². The Balaban J connectivity index is 2.92. The maximum Gasteiger partial charge on any atom is 0.326 e. The van der Waals surface area contributed by atoms with Crippen LogP contribution in [0.25, 0.3) is 0 Å². The van der Waals surface area contributed by atoms with Crippen LogP contribution in [-0.4, -0.2) is 54.5 Å². The molecule has 1 N–H and O–H groups in total. The van der Waals surface area contributed by atoms with Crippen LogP contribution < -0.4 is 0 Å². The topological polar surface area (TPSA) is 74.7 Å². The predicted molar refractivity (Wildman–Crippen MR) is 51.9 cm³/mol. The number of carbonyl (C=O) groups is 1. The van der Waals surface area contributed by atoms with E-state index in [4.69, 9.17) is 5.11 Å². The van der Waals surface area contributed by atoms with Crippen molar-refractivity contribution in [3.63, 3.8) is 0 Å². The summed E-state index contributed by atoms with van der Waals surface area (Å²) in [7, 11) is -3.12. The van der Waals surface area contributed by atoms with Crippen LogP contribution in [0, 0.1) is 0 Å². The molecular weight excluding hydrogens is 206 g/mol. The van der Waals surface area contributed by atoms with Crippen molar-refractivity contribution in [3.8, 4) is 0 Å². The van der Waals surface area contributed by atoms with Gasteiger partial charge in [-0.15, -0.1) is 0 Å². The van der Waals surface area contributed by atoms with Crippen molar-refractivity contribution in [1.29, 1.82) is 0 Å². The molecular formula is C8H15NO4S. The van der Waals surface area contributed by atoms with Gasteiger partial charge in [0.05, 0.1) is 11.5 Å². The van der Waals surface area contributed by atoms with Gasteiger partial charge in [-0.3, -0.25) is 9.69 Å². The Labute approximate surface area is 83.6 Å². The molecule has 14 heavy (non-hydrogen) atoms. The van der Waals surface area contributed by atoms with Crippen LogP contribution in [0.5, 0.6) is 0 Å². The molecule has 1 fully saturated rings. The van der Waals surface area contributed by atoms with E-state index in [0.717, 1.165) is 0 Å². The molecule has 0 aliphatic carbocycles. The van der Waals surface area contributed by atoms with Crippen LogP contribution in [0.3, 0.4) is 0 Å². The number of rotatable bonds is 4. The molecule has 1 saturated heterocycles. The van der Waals surface area contributed by atoms with Crippen LogP contribution in [0.2, 0.25) is 0 Å². The van der Waals surface area contributed by atoms with Gasteiger partial charge in [0.15, 0.2) is 9.84 Å². The fraction of sp³-hybridized carbons (Fsp3) is 0.875. The highest BCUT2D eigenvalue weighted by atomic mass is 32.2. The van der Waals surface area contributed by atoms with Gasteiger partial charge in [-0.1, -0.05) is 13.8 Å². The Morgan fingerprint density at radius 2 is 1.79 bits per heavy atom. The molecule has 0 spiro atoms. The second-order valence-corrected chi connectivity index (χ2v) is 5.61. The smallest absolute Gasteiger partial charge is 0.326 e. The van der Waals surface area contributed by atoms with Crippen molar-refractivity contribution in [2.45, 2.75) is 19.4 Å². The molecule has 1 rings (SSSR count). The summed E-state index contributed by atoms with van der Waals surface area (Å²) < 4.78 is 22.1. The molecule has 6 heteroatoms. The molecule has 0 aromatic heterocycles. The lowest BCUT2D eigenvalue weighted by Crippen LogP contribution is -2.69. The highest BCUT2D eigenvalue weighted by molar-refractivity contribution is 7.93. The molecule has 0 atom stereocenters. The lowest BCUT2D eigenvalue weighted by molar-refractivity contribution is -0.149. The Hall–Kier alpha value is -0.620. The molecule has 1 heterocycles. The highest BCUT2D eigenvalue weighted by Gasteiger charge is 2.57. The second-order valence-electron chi connectivity index (χ2n) is 3.54. The van der Waals surface area contributed by atoms with Crippen molar-refractivity contribution in [3.05, 3.63) is 0 Å². The van der Waals surface area contributed by atoms with Crippen LogP contribution in [0.15, 0.2) is 0 Å². The summed E-state index contributed by atoms with van der Waals surface area (Å²) in [6, 6.07) is 0. The van der Waals surface area contributed by atoms with Crippen molar-refractivity contribution in [2.75, 3.05) is 24.6 Å². The zero-order chi connectivity index (χ0) is 11.0. The van der Waals surface area contributed by atoms with Crippen molar-refractivity contribution >= 4 is 15.8 Å². The first-order valence-corrected chi connectivity index (χ1v) is 6.39. The minimum absolute atomic E-state index is 0.253. The van der Waals surface area contributed by atoms with E-state index in [2.05, 4.69) is 0 Å². The van der Waals surface area contributed by atoms with Gasteiger partial charge in [-0.05, 0) is 13.1 Å². The molecule has 0 saturated carbocycles. The summed E-state index contributed by atoms with van der Waals surface area (Å²) >= 11 is 0. The largest absolute Gasteiger partial charge is 0.480 e. The quantitative estimate of drug-likeness (QED) is 0.698. The Morgan fingerprint density at radius 3 is 2.00 bits per heavy atom. The Bertz CT molecular complexity index is 319. The molecule has 82 valence electrons. The van der Waals surface area contributed by atoms with E-state index in [9.17, 15) is 13.2 Å². The van der Waals surface area contributed by atoms with E-state index in [1.54, 1.807) is 4.90 Å². The van der Waals surface area contributed by atoms with Gasteiger partial charge in [0.25, 0.3) is 0 Å². The van der Waals surface area contributed by atoms with Crippen molar-refractivity contribution < 1.29 is 18.3 Å². The van der Waals surface area contributed by atoms with Gasteiger partial charge in [0.1, 0.15) is 5.54 Å². The van der Waals surface area contributed by atoms with Crippen LogP contribution in [0.4, 0.5) is 0 Å². The van der Waals surface area contributed by atoms with Crippen LogP contribution >= 0.6 is 0 Å². The first kappa shape index (κ1) is 11.5. The third-order valence-corrected chi connectivity index (χ3v) is 4.52. The summed E-state index contributed by atoms with van der Waals surface area (Å²) in [6.07, 6.45) is 0. The molecule has 0 radical (unpaired) electrons. The monoisotopic (exact) mass is 221 g/mol. The number of hydrogen-bond acceptors (Lipinski definition) is 4. The van der Waals surface area contributed by atoms with Gasteiger partial charge in [-0.2, -0.15) is 0 Å². The van der Waals surface area contributed by atoms with Crippen LogP contribution in [0.1, 0.15) is 13.8 Å². The normalized spacial score (nSPS) is 23.1. The minimum Gasteiger partial charge on any atom is -0.480 e. The van der Waals surface area contributed by atoms with Gasteiger partial charge < -0.3 is 5.11 Å². The average Bonchev–Trinajstić information content (AvgIpc) is 2.02. The lowest BCUT2D eigenvalue weighted by atomic mass is 10.0. The third kappa shape index (κ3) is 1.64. The molecule has 0 aromatic carbocycles. The van der Waals surface area contributed by atoms with E-state index in [1.165, 1.54) is 0 Å². The molecule has 0 bridgehead atoms. The number of carboxylic acids is 1.